The molecular formula is C18H17N3O4S3. The van der Waals surface area contributed by atoms with Gasteiger partial charge < -0.3 is 10.1 Å². The summed E-state index contributed by atoms with van der Waals surface area (Å²) in [6.07, 6.45) is 1.52. The molecule has 1 heterocycles. The first-order chi connectivity index (χ1) is 13.5. The Bertz CT molecular complexity index is 1020. The topological polar surface area (TPSA) is 97.4 Å². The monoisotopic (exact) mass is 435 g/mol. The number of carbonyl (C=O) groups excluding carboxylic acids is 1. The van der Waals surface area contributed by atoms with E-state index in [-0.39, 0.29) is 16.6 Å². The summed E-state index contributed by atoms with van der Waals surface area (Å²) >= 11 is 2.59. The van der Waals surface area contributed by atoms with Crippen molar-refractivity contribution in [3.63, 3.8) is 0 Å². The van der Waals surface area contributed by atoms with E-state index in [1.807, 2.05) is 24.3 Å². The highest BCUT2D eigenvalue weighted by Crippen LogP contribution is 2.22. The van der Waals surface area contributed by atoms with Crippen molar-refractivity contribution in [2.24, 2.45) is 0 Å². The van der Waals surface area contributed by atoms with Crippen LogP contribution in [0.2, 0.25) is 0 Å². The van der Waals surface area contributed by atoms with Crippen LogP contribution in [0.25, 0.3) is 0 Å². The molecule has 3 rings (SSSR count). The van der Waals surface area contributed by atoms with E-state index in [0.29, 0.717) is 10.8 Å². The minimum atomic E-state index is -3.71. The Morgan fingerprint density at radius 2 is 1.86 bits per heavy atom. The summed E-state index contributed by atoms with van der Waals surface area (Å²) in [6.45, 7) is 0. The smallest absolute Gasteiger partial charge is 0.263 e. The Morgan fingerprint density at radius 1 is 1.14 bits per heavy atom. The van der Waals surface area contributed by atoms with Crippen molar-refractivity contribution >= 4 is 49.8 Å². The Balaban J connectivity index is 1.55. The molecule has 0 spiro atoms. The molecule has 0 radical (unpaired) electrons. The van der Waals surface area contributed by atoms with Crippen molar-refractivity contribution in [2.75, 3.05) is 22.9 Å². The zero-order valence-electron chi connectivity index (χ0n) is 14.8. The summed E-state index contributed by atoms with van der Waals surface area (Å²) in [4.78, 5) is 17.0. The summed E-state index contributed by atoms with van der Waals surface area (Å²) < 4.78 is 32.1. The second-order valence-electron chi connectivity index (χ2n) is 5.48. The van der Waals surface area contributed by atoms with Crippen LogP contribution < -0.4 is 14.8 Å². The third-order valence-corrected chi connectivity index (χ3v) is 6.72. The predicted molar refractivity (Wildman–Crippen MR) is 112 cm³/mol. The number of methoxy groups -OCH3 is 1. The van der Waals surface area contributed by atoms with Gasteiger partial charge in [-0.2, -0.15) is 0 Å². The standard InChI is InChI=1S/C18H17N3O4S3/c1-25-14-4-6-15(7-5-14)27-12-17(22)20-13-2-8-16(9-3-13)28(23,24)21-18-19-10-11-26-18/h2-11H,12H2,1H3,(H,19,21)(H,20,22). The largest absolute Gasteiger partial charge is 0.497 e. The zero-order chi connectivity index (χ0) is 20.0. The van der Waals surface area contributed by atoms with Gasteiger partial charge in [-0.05, 0) is 48.5 Å². The second-order valence-corrected chi connectivity index (χ2v) is 9.11. The van der Waals surface area contributed by atoms with E-state index in [2.05, 4.69) is 15.0 Å². The van der Waals surface area contributed by atoms with Crippen LogP contribution in [0.3, 0.4) is 0 Å². The average Bonchev–Trinajstić information content (AvgIpc) is 3.19. The number of sulfonamides is 1. The Morgan fingerprint density at radius 3 is 2.46 bits per heavy atom. The second kappa shape index (κ2) is 9.09. The molecule has 0 aliphatic heterocycles. The minimum Gasteiger partial charge on any atom is -0.497 e. The molecule has 10 heteroatoms. The molecule has 7 nitrogen and oxygen atoms in total. The maximum Gasteiger partial charge on any atom is 0.263 e. The molecule has 0 saturated carbocycles. The number of carbonyl (C=O) groups is 1. The van der Waals surface area contributed by atoms with Crippen LogP contribution in [0.5, 0.6) is 5.75 Å². The quantitative estimate of drug-likeness (QED) is 0.524. The highest BCUT2D eigenvalue weighted by molar-refractivity contribution is 8.00. The van der Waals surface area contributed by atoms with Gasteiger partial charge in [-0.3, -0.25) is 9.52 Å². The maximum absolute atomic E-state index is 12.3. The molecule has 0 atom stereocenters. The fourth-order valence-electron chi connectivity index (χ4n) is 2.18. The number of aromatic nitrogens is 1. The fourth-order valence-corrected chi connectivity index (χ4v) is 4.67. The summed E-state index contributed by atoms with van der Waals surface area (Å²) in [5, 5.41) is 4.73. The van der Waals surface area contributed by atoms with Gasteiger partial charge in [-0.15, -0.1) is 23.1 Å². The van der Waals surface area contributed by atoms with Gasteiger partial charge in [0, 0.05) is 22.2 Å². The number of ether oxygens (including phenoxy) is 1. The van der Waals surface area contributed by atoms with Crippen molar-refractivity contribution in [1.82, 2.24) is 4.98 Å². The molecule has 2 aromatic carbocycles. The number of hydrogen-bond donors (Lipinski definition) is 2. The molecule has 28 heavy (non-hydrogen) atoms. The molecule has 0 saturated heterocycles. The van der Waals surface area contributed by atoms with Gasteiger partial charge in [0.25, 0.3) is 10.0 Å². The van der Waals surface area contributed by atoms with Gasteiger partial charge in [0.05, 0.1) is 17.8 Å². The normalized spacial score (nSPS) is 11.0. The average molecular weight is 436 g/mol. The van der Waals surface area contributed by atoms with Gasteiger partial charge in [-0.25, -0.2) is 13.4 Å². The van der Waals surface area contributed by atoms with Gasteiger partial charge in [0.15, 0.2) is 5.13 Å². The molecule has 3 aromatic rings. The lowest BCUT2D eigenvalue weighted by molar-refractivity contribution is -0.113. The number of nitrogens with zero attached hydrogens (tertiary/aromatic N) is 1. The first-order valence-electron chi connectivity index (χ1n) is 8.05. The Kier molecular flexibility index (Phi) is 6.55. The van der Waals surface area contributed by atoms with Crippen LogP contribution in [-0.2, 0) is 14.8 Å². The SMILES string of the molecule is COc1ccc(SCC(=O)Nc2ccc(S(=O)(=O)Nc3nccs3)cc2)cc1. The van der Waals surface area contributed by atoms with Crippen molar-refractivity contribution < 1.29 is 17.9 Å². The third kappa shape index (κ3) is 5.47. The molecule has 0 aliphatic carbocycles. The lowest BCUT2D eigenvalue weighted by atomic mass is 10.3. The van der Waals surface area contributed by atoms with Crippen LogP contribution in [0.1, 0.15) is 0 Å². The number of thioether (sulfide) groups is 1. The van der Waals surface area contributed by atoms with E-state index in [1.54, 1.807) is 24.6 Å². The van der Waals surface area contributed by atoms with Gasteiger partial charge in [-0.1, -0.05) is 0 Å². The van der Waals surface area contributed by atoms with Gasteiger partial charge >= 0.3 is 0 Å². The number of nitrogens with one attached hydrogen (secondary N) is 2. The molecule has 1 amide bonds. The zero-order valence-corrected chi connectivity index (χ0v) is 17.2. The van der Waals surface area contributed by atoms with Crippen LogP contribution in [0.15, 0.2) is 69.9 Å². The van der Waals surface area contributed by atoms with Crippen molar-refractivity contribution in [1.29, 1.82) is 0 Å². The van der Waals surface area contributed by atoms with E-state index in [1.165, 1.54) is 41.4 Å². The van der Waals surface area contributed by atoms with Crippen LogP contribution in [-0.4, -0.2) is 32.2 Å². The van der Waals surface area contributed by atoms with Crippen LogP contribution >= 0.6 is 23.1 Å². The molecule has 0 aliphatic rings. The number of hydrogen-bond acceptors (Lipinski definition) is 7. The van der Waals surface area contributed by atoms with E-state index < -0.39 is 10.0 Å². The number of amides is 1. The fraction of sp³-hybridized carbons (Fsp3) is 0.111. The summed E-state index contributed by atoms with van der Waals surface area (Å²) in [5.41, 5.74) is 0.522. The number of thiazole rings is 1. The first kappa shape index (κ1) is 20.2. The lowest BCUT2D eigenvalue weighted by Crippen LogP contribution is -2.15. The summed E-state index contributed by atoms with van der Waals surface area (Å²) in [6, 6.07) is 13.4. The predicted octanol–water partition coefficient (Wildman–Crippen LogP) is 3.68. The molecule has 0 fully saturated rings. The van der Waals surface area contributed by atoms with Crippen LogP contribution in [0.4, 0.5) is 10.8 Å². The molecule has 0 unspecified atom stereocenters. The Labute approximate surface area is 171 Å². The third-order valence-electron chi connectivity index (χ3n) is 3.53. The van der Waals surface area contributed by atoms with E-state index in [9.17, 15) is 13.2 Å². The minimum absolute atomic E-state index is 0.0910. The highest BCUT2D eigenvalue weighted by Gasteiger charge is 2.15. The highest BCUT2D eigenvalue weighted by atomic mass is 32.2. The number of benzene rings is 2. The van der Waals surface area contributed by atoms with E-state index in [0.717, 1.165) is 10.6 Å². The number of anilines is 2. The van der Waals surface area contributed by atoms with Crippen LogP contribution in [0, 0.1) is 0 Å². The molecule has 2 N–H and O–H groups in total. The van der Waals surface area contributed by atoms with Crippen molar-refractivity contribution in [2.45, 2.75) is 9.79 Å². The van der Waals surface area contributed by atoms with Crippen molar-refractivity contribution in [3.05, 3.63) is 60.1 Å². The molecular weight excluding hydrogens is 418 g/mol. The van der Waals surface area contributed by atoms with E-state index >= 15 is 0 Å². The Hall–Kier alpha value is -2.56. The molecule has 1 aromatic heterocycles. The van der Waals surface area contributed by atoms with E-state index in [4.69, 9.17) is 4.74 Å². The maximum atomic E-state index is 12.3. The molecule has 0 bridgehead atoms. The van der Waals surface area contributed by atoms with Crippen molar-refractivity contribution in [3.8, 4) is 5.75 Å². The molecule has 146 valence electrons. The summed E-state index contributed by atoms with van der Waals surface area (Å²) in [5.74, 6) is 0.809. The van der Waals surface area contributed by atoms with Gasteiger partial charge in [0.1, 0.15) is 5.75 Å². The summed E-state index contributed by atoms with van der Waals surface area (Å²) in [7, 11) is -2.11. The lowest BCUT2D eigenvalue weighted by Gasteiger charge is -2.08. The number of rotatable bonds is 8. The van der Waals surface area contributed by atoms with Gasteiger partial charge in [0.2, 0.25) is 5.91 Å². The first-order valence-corrected chi connectivity index (χ1v) is 11.4.